The summed E-state index contributed by atoms with van der Waals surface area (Å²) < 4.78 is 2.10. The average molecular weight is 229 g/mol. The quantitative estimate of drug-likeness (QED) is 0.772. The van der Waals surface area contributed by atoms with Crippen molar-refractivity contribution in [3.8, 4) is 0 Å². The number of nitrogens with zero attached hydrogens (tertiary/aromatic N) is 2. The zero-order valence-electron chi connectivity index (χ0n) is 10.3. The second kappa shape index (κ2) is 6.09. The fourth-order valence-corrected chi connectivity index (χ4v) is 1.77. The van der Waals surface area contributed by atoms with Crippen molar-refractivity contribution in [1.82, 2.24) is 9.55 Å². The smallest absolute Gasteiger partial charge is 0.0945 e. The molecule has 2 aromatic rings. The molecule has 0 radical (unpaired) electrons. The second-order valence-electron chi connectivity index (χ2n) is 4.13. The maximum Gasteiger partial charge on any atom is 0.0945 e. The van der Waals surface area contributed by atoms with Crippen molar-refractivity contribution in [2.24, 2.45) is 0 Å². The van der Waals surface area contributed by atoms with Gasteiger partial charge in [0.25, 0.3) is 0 Å². The number of nitrogens with one attached hydrogen (secondary N) is 1. The molecule has 3 nitrogen and oxygen atoms in total. The number of aromatic nitrogens is 2. The second-order valence-corrected chi connectivity index (χ2v) is 4.13. The van der Waals surface area contributed by atoms with Crippen molar-refractivity contribution in [3.05, 3.63) is 48.5 Å². The number of hydrogen-bond acceptors (Lipinski definition) is 2. The predicted molar refractivity (Wildman–Crippen MR) is 71.2 cm³/mol. The van der Waals surface area contributed by atoms with Crippen LogP contribution in [0.2, 0.25) is 0 Å². The van der Waals surface area contributed by atoms with Crippen LogP contribution in [-0.4, -0.2) is 16.1 Å². The maximum atomic E-state index is 4.02. The third-order valence-electron chi connectivity index (χ3n) is 2.84. The maximum absolute atomic E-state index is 4.02. The zero-order chi connectivity index (χ0) is 11.9. The highest BCUT2D eigenvalue weighted by Gasteiger charge is 1.93. The summed E-state index contributed by atoms with van der Waals surface area (Å²) in [6, 6.07) is 8.66. The van der Waals surface area contributed by atoms with Crippen LogP contribution >= 0.6 is 0 Å². The number of benzene rings is 1. The molecule has 0 fully saturated rings. The van der Waals surface area contributed by atoms with Crippen LogP contribution in [0.3, 0.4) is 0 Å². The fraction of sp³-hybridized carbons (Fsp3) is 0.357. The Bertz CT molecular complexity index is 417. The highest BCUT2D eigenvalue weighted by molar-refractivity contribution is 5.44. The zero-order valence-corrected chi connectivity index (χ0v) is 10.3. The van der Waals surface area contributed by atoms with Crippen molar-refractivity contribution in [2.75, 3.05) is 11.9 Å². The van der Waals surface area contributed by atoms with Crippen molar-refractivity contribution < 1.29 is 0 Å². The van der Waals surface area contributed by atoms with Gasteiger partial charge in [0.1, 0.15) is 0 Å². The van der Waals surface area contributed by atoms with E-state index in [-0.39, 0.29) is 0 Å². The van der Waals surface area contributed by atoms with Gasteiger partial charge in [-0.3, -0.25) is 0 Å². The Labute approximate surface area is 103 Å². The van der Waals surface area contributed by atoms with Crippen LogP contribution in [0.25, 0.3) is 0 Å². The molecular weight excluding hydrogens is 210 g/mol. The van der Waals surface area contributed by atoms with Crippen LogP contribution in [0.5, 0.6) is 0 Å². The lowest BCUT2D eigenvalue weighted by Crippen LogP contribution is -2.05. The van der Waals surface area contributed by atoms with Gasteiger partial charge in [0, 0.05) is 31.2 Å². The Balaban J connectivity index is 1.70. The molecule has 17 heavy (non-hydrogen) atoms. The lowest BCUT2D eigenvalue weighted by atomic mass is 10.1. The molecule has 0 saturated heterocycles. The number of hydrogen-bond donors (Lipinski definition) is 1. The van der Waals surface area contributed by atoms with Gasteiger partial charge < -0.3 is 9.88 Å². The SMILES string of the molecule is CCc1ccc(NCCCn2ccnc2)cc1. The Morgan fingerprint density at radius 1 is 1.24 bits per heavy atom. The first-order valence-electron chi connectivity index (χ1n) is 6.17. The highest BCUT2D eigenvalue weighted by atomic mass is 15.0. The van der Waals surface area contributed by atoms with Crippen molar-refractivity contribution >= 4 is 5.69 Å². The molecule has 3 heteroatoms. The fourth-order valence-electron chi connectivity index (χ4n) is 1.77. The van der Waals surface area contributed by atoms with Crippen molar-refractivity contribution in [2.45, 2.75) is 26.3 Å². The third-order valence-corrected chi connectivity index (χ3v) is 2.84. The van der Waals surface area contributed by atoms with Gasteiger partial charge in [-0.15, -0.1) is 0 Å². The van der Waals surface area contributed by atoms with E-state index in [1.807, 2.05) is 18.7 Å². The molecule has 0 spiro atoms. The van der Waals surface area contributed by atoms with Crippen molar-refractivity contribution in [1.29, 1.82) is 0 Å². The van der Waals surface area contributed by atoms with Gasteiger partial charge in [-0.2, -0.15) is 0 Å². The third kappa shape index (κ3) is 3.63. The Morgan fingerprint density at radius 2 is 2.06 bits per heavy atom. The summed E-state index contributed by atoms with van der Waals surface area (Å²) in [6.07, 6.45) is 7.87. The molecule has 1 N–H and O–H groups in total. The van der Waals surface area contributed by atoms with E-state index in [0.29, 0.717) is 0 Å². The highest BCUT2D eigenvalue weighted by Crippen LogP contribution is 2.09. The monoisotopic (exact) mass is 229 g/mol. The number of rotatable bonds is 6. The summed E-state index contributed by atoms with van der Waals surface area (Å²) in [5.74, 6) is 0. The summed E-state index contributed by atoms with van der Waals surface area (Å²) in [7, 11) is 0. The Hall–Kier alpha value is -1.77. The summed E-state index contributed by atoms with van der Waals surface area (Å²) in [4.78, 5) is 4.02. The van der Waals surface area contributed by atoms with Gasteiger partial charge in [0.15, 0.2) is 0 Å². The summed E-state index contributed by atoms with van der Waals surface area (Å²) in [5.41, 5.74) is 2.58. The molecule has 0 bridgehead atoms. The molecule has 0 aliphatic carbocycles. The lowest BCUT2D eigenvalue weighted by Gasteiger charge is -2.07. The molecular formula is C14H19N3. The van der Waals surface area contributed by atoms with E-state index in [2.05, 4.69) is 46.1 Å². The average Bonchev–Trinajstić information content (AvgIpc) is 2.88. The number of anilines is 1. The molecule has 0 amide bonds. The van der Waals surface area contributed by atoms with E-state index >= 15 is 0 Å². The Kier molecular flexibility index (Phi) is 4.19. The lowest BCUT2D eigenvalue weighted by molar-refractivity contribution is 0.661. The molecule has 0 unspecified atom stereocenters. The van der Waals surface area contributed by atoms with Crippen LogP contribution in [0.1, 0.15) is 18.9 Å². The topological polar surface area (TPSA) is 29.9 Å². The van der Waals surface area contributed by atoms with E-state index in [4.69, 9.17) is 0 Å². The van der Waals surface area contributed by atoms with Gasteiger partial charge in [-0.05, 0) is 30.5 Å². The van der Waals surface area contributed by atoms with Gasteiger partial charge >= 0.3 is 0 Å². The van der Waals surface area contributed by atoms with Crippen molar-refractivity contribution in [3.63, 3.8) is 0 Å². The standard InChI is InChI=1S/C14H19N3/c1-2-13-4-6-14(7-5-13)16-8-3-10-17-11-9-15-12-17/h4-7,9,11-12,16H,2-3,8,10H2,1H3. The minimum absolute atomic E-state index is 0.990. The molecule has 0 aliphatic heterocycles. The van der Waals surface area contributed by atoms with E-state index in [1.165, 1.54) is 11.3 Å². The number of aryl methyl sites for hydroxylation is 2. The van der Waals surface area contributed by atoms with Crippen LogP contribution in [-0.2, 0) is 13.0 Å². The molecule has 1 aromatic heterocycles. The summed E-state index contributed by atoms with van der Waals surface area (Å²) >= 11 is 0. The van der Waals surface area contributed by atoms with E-state index in [9.17, 15) is 0 Å². The minimum atomic E-state index is 0.990. The molecule has 2 rings (SSSR count). The Morgan fingerprint density at radius 3 is 2.71 bits per heavy atom. The van der Waals surface area contributed by atoms with Gasteiger partial charge in [-0.25, -0.2) is 4.98 Å². The molecule has 0 aliphatic rings. The van der Waals surface area contributed by atoms with Gasteiger partial charge in [0.05, 0.1) is 6.33 Å². The van der Waals surface area contributed by atoms with E-state index in [0.717, 1.165) is 25.9 Å². The first-order valence-corrected chi connectivity index (χ1v) is 6.17. The first-order chi connectivity index (χ1) is 8.38. The predicted octanol–water partition coefficient (Wildman–Crippen LogP) is 2.95. The molecule has 1 heterocycles. The van der Waals surface area contributed by atoms with E-state index < -0.39 is 0 Å². The molecule has 90 valence electrons. The van der Waals surface area contributed by atoms with Crippen LogP contribution in [0, 0.1) is 0 Å². The largest absolute Gasteiger partial charge is 0.385 e. The van der Waals surface area contributed by atoms with Gasteiger partial charge in [0.2, 0.25) is 0 Å². The summed E-state index contributed by atoms with van der Waals surface area (Å²) in [5, 5.41) is 3.42. The first kappa shape index (κ1) is 11.7. The van der Waals surface area contributed by atoms with Crippen LogP contribution in [0.4, 0.5) is 5.69 Å². The van der Waals surface area contributed by atoms with Crippen LogP contribution < -0.4 is 5.32 Å². The van der Waals surface area contributed by atoms with E-state index in [1.54, 1.807) is 0 Å². The van der Waals surface area contributed by atoms with Gasteiger partial charge in [-0.1, -0.05) is 19.1 Å². The normalized spacial score (nSPS) is 10.4. The number of imidazole rings is 1. The molecule has 0 saturated carbocycles. The minimum Gasteiger partial charge on any atom is -0.385 e. The molecule has 1 aromatic carbocycles. The molecule has 0 atom stereocenters. The summed E-state index contributed by atoms with van der Waals surface area (Å²) in [6.45, 7) is 4.18. The van der Waals surface area contributed by atoms with Crippen LogP contribution in [0.15, 0.2) is 43.0 Å².